The minimum atomic E-state index is -0.463. The van der Waals surface area contributed by atoms with Crippen molar-refractivity contribution in [2.75, 3.05) is 32.7 Å². The van der Waals surface area contributed by atoms with E-state index in [4.69, 9.17) is 11.2 Å². The minimum absolute atomic E-state index is 0.400. The number of hydrogen-bond acceptors (Lipinski definition) is 4. The summed E-state index contributed by atoms with van der Waals surface area (Å²) < 4.78 is 5.18. The molecular formula is C12H21N3O2. The Labute approximate surface area is 103 Å². The molecule has 0 aliphatic carbocycles. The monoisotopic (exact) mass is 239 g/mol. The summed E-state index contributed by atoms with van der Waals surface area (Å²) in [7, 11) is 0. The molecule has 5 heteroatoms. The molecule has 1 saturated heterocycles. The standard InChI is InChI=1S/C12H21N3O2/c1-5-6-14-7-9-15(10-8-14)13-11(16)17-12(2,3)4/h1H,6-10H2,2-4H3,(H,13,16). The number of hydrazine groups is 1. The SMILES string of the molecule is C#CCN1CCN(NC(=O)OC(C)(C)C)CC1. The smallest absolute Gasteiger partial charge is 0.422 e. The van der Waals surface area contributed by atoms with Crippen molar-refractivity contribution in [3.63, 3.8) is 0 Å². The van der Waals surface area contributed by atoms with E-state index in [-0.39, 0.29) is 0 Å². The van der Waals surface area contributed by atoms with Crippen LogP contribution in [0.25, 0.3) is 0 Å². The summed E-state index contributed by atoms with van der Waals surface area (Å²) in [4.78, 5) is 13.7. The summed E-state index contributed by atoms with van der Waals surface area (Å²) in [6, 6.07) is 0. The fraction of sp³-hybridized carbons (Fsp3) is 0.750. The van der Waals surface area contributed by atoms with Crippen LogP contribution < -0.4 is 5.43 Å². The van der Waals surface area contributed by atoms with Crippen LogP contribution in [0.15, 0.2) is 0 Å². The van der Waals surface area contributed by atoms with Crippen molar-refractivity contribution < 1.29 is 9.53 Å². The summed E-state index contributed by atoms with van der Waals surface area (Å²) in [6.07, 6.45) is 4.85. The fourth-order valence-electron chi connectivity index (χ4n) is 1.58. The van der Waals surface area contributed by atoms with Crippen LogP contribution in [0.1, 0.15) is 20.8 Å². The van der Waals surface area contributed by atoms with Crippen LogP contribution in [0.2, 0.25) is 0 Å². The first-order valence-electron chi connectivity index (χ1n) is 5.81. The molecule has 0 aromatic heterocycles. The first-order chi connectivity index (χ1) is 7.90. The average molecular weight is 239 g/mol. The minimum Gasteiger partial charge on any atom is -0.443 e. The van der Waals surface area contributed by atoms with Gasteiger partial charge in [-0.15, -0.1) is 6.42 Å². The molecule has 1 aliphatic heterocycles. The molecule has 0 aromatic carbocycles. The highest BCUT2D eigenvalue weighted by atomic mass is 16.6. The van der Waals surface area contributed by atoms with E-state index in [0.717, 1.165) is 26.2 Å². The summed E-state index contributed by atoms with van der Waals surface area (Å²) in [6.45, 7) is 9.45. The van der Waals surface area contributed by atoms with Gasteiger partial charge < -0.3 is 4.74 Å². The maximum Gasteiger partial charge on any atom is 0.422 e. The van der Waals surface area contributed by atoms with Crippen LogP contribution in [0.5, 0.6) is 0 Å². The lowest BCUT2D eigenvalue weighted by Crippen LogP contribution is -2.54. The lowest BCUT2D eigenvalue weighted by molar-refractivity contribution is 0.0234. The predicted octanol–water partition coefficient (Wildman–Crippen LogP) is 0.677. The average Bonchev–Trinajstić information content (AvgIpc) is 2.18. The lowest BCUT2D eigenvalue weighted by Gasteiger charge is -2.34. The number of amides is 1. The highest BCUT2D eigenvalue weighted by Gasteiger charge is 2.21. The number of ether oxygens (including phenoxy) is 1. The number of carbonyl (C=O) groups excluding carboxylic acids is 1. The molecule has 0 saturated carbocycles. The second-order valence-corrected chi connectivity index (χ2v) is 5.08. The van der Waals surface area contributed by atoms with E-state index in [1.165, 1.54) is 0 Å². The van der Waals surface area contributed by atoms with Crippen LogP contribution in [-0.2, 0) is 4.74 Å². The van der Waals surface area contributed by atoms with Crippen molar-refractivity contribution in [3.8, 4) is 12.3 Å². The second-order valence-electron chi connectivity index (χ2n) is 5.08. The van der Waals surface area contributed by atoms with Crippen LogP contribution >= 0.6 is 0 Å². The van der Waals surface area contributed by atoms with Crippen molar-refractivity contribution in [3.05, 3.63) is 0 Å². The molecular weight excluding hydrogens is 218 g/mol. The molecule has 1 aliphatic rings. The molecule has 1 amide bonds. The van der Waals surface area contributed by atoms with Gasteiger partial charge in [0.25, 0.3) is 0 Å². The quantitative estimate of drug-likeness (QED) is 0.720. The van der Waals surface area contributed by atoms with Gasteiger partial charge in [0.1, 0.15) is 5.60 Å². The van der Waals surface area contributed by atoms with E-state index in [1.54, 1.807) is 0 Å². The molecule has 1 N–H and O–H groups in total. The van der Waals surface area contributed by atoms with E-state index in [0.29, 0.717) is 6.54 Å². The molecule has 0 bridgehead atoms. The Hall–Kier alpha value is -1.25. The summed E-state index contributed by atoms with van der Waals surface area (Å²) in [5, 5.41) is 1.86. The van der Waals surface area contributed by atoms with Crippen LogP contribution in [0, 0.1) is 12.3 Å². The second kappa shape index (κ2) is 5.89. The molecule has 0 spiro atoms. The zero-order valence-electron chi connectivity index (χ0n) is 10.8. The third-order valence-electron chi connectivity index (χ3n) is 2.34. The number of terminal acetylenes is 1. The van der Waals surface area contributed by atoms with Gasteiger partial charge in [-0.3, -0.25) is 10.3 Å². The fourth-order valence-corrected chi connectivity index (χ4v) is 1.58. The van der Waals surface area contributed by atoms with Crippen LogP contribution in [0.3, 0.4) is 0 Å². The number of hydrogen-bond donors (Lipinski definition) is 1. The Bertz CT molecular complexity index is 296. The largest absolute Gasteiger partial charge is 0.443 e. The molecule has 0 aromatic rings. The van der Waals surface area contributed by atoms with Crippen LogP contribution in [0.4, 0.5) is 4.79 Å². The van der Waals surface area contributed by atoms with Crippen molar-refractivity contribution in [2.45, 2.75) is 26.4 Å². The molecule has 0 radical (unpaired) electrons. The predicted molar refractivity (Wildman–Crippen MR) is 66.2 cm³/mol. The number of piperazine rings is 1. The van der Waals surface area contributed by atoms with Crippen molar-refractivity contribution in [1.82, 2.24) is 15.3 Å². The van der Waals surface area contributed by atoms with Crippen LogP contribution in [-0.4, -0.2) is 54.3 Å². The van der Waals surface area contributed by atoms with E-state index in [9.17, 15) is 4.79 Å². The molecule has 1 fully saturated rings. The molecule has 0 unspecified atom stereocenters. The van der Waals surface area contributed by atoms with Gasteiger partial charge in [0.05, 0.1) is 6.54 Å². The number of nitrogens with zero attached hydrogens (tertiary/aromatic N) is 2. The van der Waals surface area contributed by atoms with Crippen molar-refractivity contribution in [1.29, 1.82) is 0 Å². The Morgan fingerprint density at radius 2 is 1.94 bits per heavy atom. The highest BCUT2D eigenvalue weighted by molar-refractivity contribution is 5.67. The molecule has 0 atom stereocenters. The van der Waals surface area contributed by atoms with E-state index >= 15 is 0 Å². The Balaban J connectivity index is 2.27. The lowest BCUT2D eigenvalue weighted by atomic mass is 10.2. The van der Waals surface area contributed by atoms with Crippen molar-refractivity contribution in [2.24, 2.45) is 0 Å². The Kier molecular flexibility index (Phi) is 4.79. The maximum absolute atomic E-state index is 11.5. The van der Waals surface area contributed by atoms with Gasteiger partial charge in [-0.2, -0.15) is 0 Å². The molecule has 1 heterocycles. The molecule has 17 heavy (non-hydrogen) atoms. The third-order valence-corrected chi connectivity index (χ3v) is 2.34. The van der Waals surface area contributed by atoms with Crippen molar-refractivity contribution >= 4 is 6.09 Å². The number of carbonyl (C=O) groups is 1. The van der Waals surface area contributed by atoms with Gasteiger partial charge in [0, 0.05) is 26.2 Å². The summed E-state index contributed by atoms with van der Waals surface area (Å²) in [5.74, 6) is 2.62. The van der Waals surface area contributed by atoms with E-state index in [1.807, 2.05) is 25.8 Å². The zero-order chi connectivity index (χ0) is 12.9. The van der Waals surface area contributed by atoms with E-state index in [2.05, 4.69) is 16.2 Å². The molecule has 5 nitrogen and oxygen atoms in total. The summed E-state index contributed by atoms with van der Waals surface area (Å²) >= 11 is 0. The Morgan fingerprint density at radius 3 is 2.41 bits per heavy atom. The third kappa shape index (κ3) is 5.57. The first kappa shape index (κ1) is 13.8. The van der Waals surface area contributed by atoms with Gasteiger partial charge in [0.15, 0.2) is 0 Å². The Morgan fingerprint density at radius 1 is 1.35 bits per heavy atom. The number of rotatable bonds is 2. The zero-order valence-corrected chi connectivity index (χ0v) is 10.8. The molecule has 96 valence electrons. The van der Waals surface area contributed by atoms with Gasteiger partial charge >= 0.3 is 6.09 Å². The van der Waals surface area contributed by atoms with Gasteiger partial charge in [-0.25, -0.2) is 9.80 Å². The topological polar surface area (TPSA) is 44.8 Å². The van der Waals surface area contributed by atoms with Gasteiger partial charge in [-0.1, -0.05) is 5.92 Å². The number of nitrogens with one attached hydrogen (secondary N) is 1. The van der Waals surface area contributed by atoms with E-state index < -0.39 is 11.7 Å². The molecule has 1 rings (SSSR count). The maximum atomic E-state index is 11.5. The first-order valence-corrected chi connectivity index (χ1v) is 5.81. The van der Waals surface area contributed by atoms with Gasteiger partial charge in [0.2, 0.25) is 0 Å². The van der Waals surface area contributed by atoms with Gasteiger partial charge in [-0.05, 0) is 20.8 Å². The highest BCUT2D eigenvalue weighted by Crippen LogP contribution is 2.07. The normalized spacial score (nSPS) is 18.5. The summed E-state index contributed by atoms with van der Waals surface area (Å²) in [5.41, 5.74) is 2.27.